The second-order valence-corrected chi connectivity index (χ2v) is 3.67. The normalized spacial score (nSPS) is 41.7. The minimum Gasteiger partial charge on any atom is -0.381 e. The molecule has 0 saturated heterocycles. The Labute approximate surface area is 63.8 Å². The maximum absolute atomic E-state index is 5.37. The first-order chi connectivity index (χ1) is 4.74. The maximum Gasteiger partial charge on any atom is 0.0599 e. The predicted molar refractivity (Wildman–Crippen MR) is 43.0 cm³/mol. The van der Waals surface area contributed by atoms with Crippen LogP contribution < -0.4 is 0 Å². The molecule has 0 aromatic rings. The molecule has 0 aromatic heterocycles. The molecule has 0 bridgehead atoms. The molecule has 3 atom stereocenters. The molecular formula is C9H18O. The van der Waals surface area contributed by atoms with Crippen LogP contribution in [0.3, 0.4) is 0 Å². The fourth-order valence-corrected chi connectivity index (χ4v) is 1.81. The van der Waals surface area contributed by atoms with Gasteiger partial charge in [-0.25, -0.2) is 0 Å². The molecule has 60 valence electrons. The number of ether oxygens (including phenoxy) is 1. The van der Waals surface area contributed by atoms with Crippen molar-refractivity contribution in [3.8, 4) is 0 Å². The average Bonchev–Trinajstić information content (AvgIpc) is 1.94. The molecule has 0 aromatic carbocycles. The van der Waals surface area contributed by atoms with Crippen molar-refractivity contribution in [2.75, 3.05) is 7.11 Å². The van der Waals surface area contributed by atoms with Crippen LogP contribution in [0.5, 0.6) is 0 Å². The summed E-state index contributed by atoms with van der Waals surface area (Å²) < 4.78 is 5.37. The summed E-state index contributed by atoms with van der Waals surface area (Å²) in [6.45, 7) is 4.61. The quantitative estimate of drug-likeness (QED) is 0.546. The van der Waals surface area contributed by atoms with E-state index in [1.54, 1.807) is 0 Å². The zero-order valence-electron chi connectivity index (χ0n) is 7.26. The molecular weight excluding hydrogens is 124 g/mol. The summed E-state index contributed by atoms with van der Waals surface area (Å²) in [4.78, 5) is 0. The summed E-state index contributed by atoms with van der Waals surface area (Å²) >= 11 is 0. The lowest BCUT2D eigenvalue weighted by Crippen LogP contribution is -2.27. The molecule has 0 radical (unpaired) electrons. The SMILES string of the molecule is COC1C[C@H](C)CCC1C. The summed E-state index contributed by atoms with van der Waals surface area (Å²) in [6, 6.07) is 0. The fraction of sp³-hybridized carbons (Fsp3) is 1.00. The largest absolute Gasteiger partial charge is 0.381 e. The van der Waals surface area contributed by atoms with Crippen molar-refractivity contribution in [1.29, 1.82) is 0 Å². The Kier molecular flexibility index (Phi) is 2.72. The number of hydrogen-bond acceptors (Lipinski definition) is 1. The molecule has 1 heteroatoms. The number of hydrogen-bond donors (Lipinski definition) is 0. The summed E-state index contributed by atoms with van der Waals surface area (Å²) in [6.07, 6.45) is 4.53. The zero-order chi connectivity index (χ0) is 7.56. The van der Waals surface area contributed by atoms with E-state index in [0.717, 1.165) is 11.8 Å². The second-order valence-electron chi connectivity index (χ2n) is 3.67. The van der Waals surface area contributed by atoms with Gasteiger partial charge in [-0.2, -0.15) is 0 Å². The molecule has 1 aliphatic carbocycles. The van der Waals surface area contributed by atoms with Crippen molar-refractivity contribution >= 4 is 0 Å². The van der Waals surface area contributed by atoms with Crippen LogP contribution in [0.2, 0.25) is 0 Å². The molecule has 0 heterocycles. The van der Waals surface area contributed by atoms with E-state index in [-0.39, 0.29) is 0 Å². The number of methoxy groups -OCH3 is 1. The Morgan fingerprint density at radius 3 is 2.40 bits per heavy atom. The van der Waals surface area contributed by atoms with Gasteiger partial charge in [0.25, 0.3) is 0 Å². The molecule has 1 nitrogen and oxygen atoms in total. The van der Waals surface area contributed by atoms with Crippen molar-refractivity contribution in [3.05, 3.63) is 0 Å². The van der Waals surface area contributed by atoms with Gasteiger partial charge in [-0.3, -0.25) is 0 Å². The maximum atomic E-state index is 5.37. The lowest BCUT2D eigenvalue weighted by Gasteiger charge is -2.31. The van der Waals surface area contributed by atoms with E-state index in [2.05, 4.69) is 13.8 Å². The van der Waals surface area contributed by atoms with E-state index in [9.17, 15) is 0 Å². The first kappa shape index (κ1) is 8.06. The molecule has 1 aliphatic rings. The molecule has 0 N–H and O–H groups in total. The highest BCUT2D eigenvalue weighted by molar-refractivity contribution is 4.75. The monoisotopic (exact) mass is 142 g/mol. The lowest BCUT2D eigenvalue weighted by atomic mass is 9.82. The second kappa shape index (κ2) is 3.38. The Morgan fingerprint density at radius 2 is 1.90 bits per heavy atom. The topological polar surface area (TPSA) is 9.23 Å². The summed E-state index contributed by atoms with van der Waals surface area (Å²) in [5.74, 6) is 1.65. The lowest BCUT2D eigenvalue weighted by molar-refractivity contribution is 0.0148. The van der Waals surface area contributed by atoms with Crippen molar-refractivity contribution in [2.24, 2.45) is 11.8 Å². The third kappa shape index (κ3) is 1.72. The van der Waals surface area contributed by atoms with Gasteiger partial charge >= 0.3 is 0 Å². The van der Waals surface area contributed by atoms with Crippen LogP contribution in [0.4, 0.5) is 0 Å². The van der Waals surface area contributed by atoms with E-state index in [1.165, 1.54) is 19.3 Å². The van der Waals surface area contributed by atoms with Crippen LogP contribution in [0.15, 0.2) is 0 Å². The molecule has 10 heavy (non-hydrogen) atoms. The van der Waals surface area contributed by atoms with Crippen molar-refractivity contribution in [2.45, 2.75) is 39.2 Å². The van der Waals surface area contributed by atoms with Gasteiger partial charge in [0.05, 0.1) is 6.10 Å². The standard InChI is InChI=1S/C9H18O/c1-7-4-5-8(2)9(6-7)10-3/h7-9H,4-6H2,1-3H3/t7-,8?,9?/m1/s1. The fourth-order valence-electron chi connectivity index (χ4n) is 1.81. The highest BCUT2D eigenvalue weighted by Gasteiger charge is 2.24. The van der Waals surface area contributed by atoms with E-state index < -0.39 is 0 Å². The first-order valence-electron chi connectivity index (χ1n) is 4.26. The first-order valence-corrected chi connectivity index (χ1v) is 4.26. The molecule has 0 spiro atoms. The molecule has 1 rings (SSSR count). The van der Waals surface area contributed by atoms with Gasteiger partial charge in [0.15, 0.2) is 0 Å². The molecule has 0 amide bonds. The van der Waals surface area contributed by atoms with Gasteiger partial charge in [0.1, 0.15) is 0 Å². The summed E-state index contributed by atoms with van der Waals surface area (Å²) in [5, 5.41) is 0. The predicted octanol–water partition coefficient (Wildman–Crippen LogP) is 2.46. The van der Waals surface area contributed by atoms with Crippen molar-refractivity contribution in [3.63, 3.8) is 0 Å². The van der Waals surface area contributed by atoms with E-state index >= 15 is 0 Å². The van der Waals surface area contributed by atoms with Crippen LogP contribution in [0.1, 0.15) is 33.1 Å². The van der Waals surface area contributed by atoms with Gasteiger partial charge < -0.3 is 4.74 Å². The van der Waals surface area contributed by atoms with E-state index in [4.69, 9.17) is 4.74 Å². The zero-order valence-corrected chi connectivity index (χ0v) is 7.26. The highest BCUT2D eigenvalue weighted by atomic mass is 16.5. The highest BCUT2D eigenvalue weighted by Crippen LogP contribution is 2.29. The van der Waals surface area contributed by atoms with E-state index in [1.807, 2.05) is 7.11 Å². The van der Waals surface area contributed by atoms with Crippen LogP contribution in [0, 0.1) is 11.8 Å². The third-order valence-corrected chi connectivity index (χ3v) is 2.69. The van der Waals surface area contributed by atoms with Gasteiger partial charge in [-0.1, -0.05) is 20.3 Å². The van der Waals surface area contributed by atoms with Gasteiger partial charge in [0.2, 0.25) is 0 Å². The van der Waals surface area contributed by atoms with Gasteiger partial charge in [0, 0.05) is 7.11 Å². The Balaban J connectivity index is 2.38. The van der Waals surface area contributed by atoms with Crippen LogP contribution in [-0.4, -0.2) is 13.2 Å². The Bertz CT molecular complexity index is 101. The van der Waals surface area contributed by atoms with Crippen LogP contribution in [0.25, 0.3) is 0 Å². The minimum absolute atomic E-state index is 0.531. The van der Waals surface area contributed by atoms with Crippen LogP contribution >= 0.6 is 0 Å². The molecule has 1 saturated carbocycles. The van der Waals surface area contributed by atoms with E-state index in [0.29, 0.717) is 6.10 Å². The minimum atomic E-state index is 0.531. The molecule has 2 unspecified atom stereocenters. The summed E-state index contributed by atoms with van der Waals surface area (Å²) in [5.41, 5.74) is 0. The van der Waals surface area contributed by atoms with Crippen molar-refractivity contribution in [1.82, 2.24) is 0 Å². The van der Waals surface area contributed by atoms with Crippen molar-refractivity contribution < 1.29 is 4.74 Å². The molecule has 1 fully saturated rings. The van der Waals surface area contributed by atoms with Gasteiger partial charge in [-0.15, -0.1) is 0 Å². The van der Waals surface area contributed by atoms with Crippen LogP contribution in [-0.2, 0) is 4.74 Å². The Hall–Kier alpha value is -0.0400. The summed E-state index contributed by atoms with van der Waals surface area (Å²) in [7, 11) is 1.83. The Morgan fingerprint density at radius 1 is 1.20 bits per heavy atom. The number of rotatable bonds is 1. The smallest absolute Gasteiger partial charge is 0.0599 e. The average molecular weight is 142 g/mol. The van der Waals surface area contributed by atoms with Gasteiger partial charge in [-0.05, 0) is 24.7 Å². The molecule has 0 aliphatic heterocycles. The third-order valence-electron chi connectivity index (χ3n) is 2.69.